The topological polar surface area (TPSA) is 66.5 Å². The van der Waals surface area contributed by atoms with E-state index in [2.05, 4.69) is 12.2 Å². The second-order valence-electron chi connectivity index (χ2n) is 5.67. The highest BCUT2D eigenvalue weighted by Crippen LogP contribution is 2.39. The molecule has 0 spiro atoms. The van der Waals surface area contributed by atoms with Crippen molar-refractivity contribution in [3.63, 3.8) is 0 Å². The standard InChI is InChI=1S/C15H15ClN2O3/c1-8-6-9(8)7-18-14(20)12(13(19)17-15(18)21)10-4-2-3-5-11(10)16/h2-5,8-9,12H,6-7H2,1H3,(H,17,19,21). The number of hydrogen-bond donors (Lipinski definition) is 1. The molecule has 1 saturated heterocycles. The molecule has 21 heavy (non-hydrogen) atoms. The lowest BCUT2D eigenvalue weighted by Gasteiger charge is -2.30. The van der Waals surface area contributed by atoms with Gasteiger partial charge in [0.05, 0.1) is 0 Å². The van der Waals surface area contributed by atoms with Crippen LogP contribution in [0.3, 0.4) is 0 Å². The van der Waals surface area contributed by atoms with Crippen LogP contribution >= 0.6 is 11.6 Å². The monoisotopic (exact) mass is 306 g/mol. The van der Waals surface area contributed by atoms with Gasteiger partial charge in [-0.25, -0.2) is 4.79 Å². The fraction of sp³-hybridized carbons (Fsp3) is 0.400. The molecule has 2 fully saturated rings. The van der Waals surface area contributed by atoms with Crippen LogP contribution in [0, 0.1) is 11.8 Å². The third-order valence-electron chi connectivity index (χ3n) is 4.16. The maximum absolute atomic E-state index is 12.6. The van der Waals surface area contributed by atoms with Crippen LogP contribution in [0.15, 0.2) is 24.3 Å². The number of halogens is 1. The van der Waals surface area contributed by atoms with E-state index in [-0.39, 0.29) is 0 Å². The van der Waals surface area contributed by atoms with E-state index in [1.165, 1.54) is 0 Å². The van der Waals surface area contributed by atoms with Crippen LogP contribution in [-0.2, 0) is 9.59 Å². The first-order valence-electron chi connectivity index (χ1n) is 6.89. The number of carbonyl (C=O) groups is 3. The summed E-state index contributed by atoms with van der Waals surface area (Å²) in [6.07, 6.45) is 1.00. The zero-order chi connectivity index (χ0) is 15.1. The summed E-state index contributed by atoms with van der Waals surface area (Å²) in [6.45, 7) is 2.44. The summed E-state index contributed by atoms with van der Waals surface area (Å²) in [6, 6.07) is 6.07. The molecule has 3 unspecified atom stereocenters. The van der Waals surface area contributed by atoms with E-state index in [9.17, 15) is 14.4 Å². The summed E-state index contributed by atoms with van der Waals surface area (Å²) >= 11 is 6.08. The first kappa shape index (κ1) is 14.1. The number of barbiturate groups is 1. The molecule has 4 amide bonds. The first-order valence-corrected chi connectivity index (χ1v) is 7.27. The van der Waals surface area contributed by atoms with Crippen LogP contribution in [0.4, 0.5) is 4.79 Å². The van der Waals surface area contributed by atoms with Gasteiger partial charge in [-0.05, 0) is 29.9 Å². The summed E-state index contributed by atoms with van der Waals surface area (Å²) in [7, 11) is 0. The molecule has 0 bridgehead atoms. The Bertz CT molecular complexity index is 631. The molecule has 2 aliphatic rings. The SMILES string of the molecule is CC1CC1CN1C(=O)NC(=O)C(c2ccccc2Cl)C1=O. The van der Waals surface area contributed by atoms with Gasteiger partial charge in [-0.3, -0.25) is 19.8 Å². The lowest BCUT2D eigenvalue weighted by atomic mass is 9.95. The van der Waals surface area contributed by atoms with Crippen LogP contribution in [0.25, 0.3) is 0 Å². The number of hydrogen-bond acceptors (Lipinski definition) is 3. The number of rotatable bonds is 3. The molecule has 3 rings (SSSR count). The number of nitrogens with one attached hydrogen (secondary N) is 1. The van der Waals surface area contributed by atoms with E-state index in [1.54, 1.807) is 24.3 Å². The quantitative estimate of drug-likeness (QED) is 0.870. The van der Waals surface area contributed by atoms with Crippen LogP contribution in [0.5, 0.6) is 0 Å². The van der Waals surface area contributed by atoms with Gasteiger partial charge >= 0.3 is 6.03 Å². The molecule has 1 aromatic carbocycles. The van der Waals surface area contributed by atoms with Gasteiger partial charge in [0, 0.05) is 11.6 Å². The molecule has 1 saturated carbocycles. The number of urea groups is 1. The van der Waals surface area contributed by atoms with Gasteiger partial charge in [-0.1, -0.05) is 36.7 Å². The zero-order valence-electron chi connectivity index (χ0n) is 11.5. The van der Waals surface area contributed by atoms with E-state index >= 15 is 0 Å². The molecule has 6 heteroatoms. The second-order valence-corrected chi connectivity index (χ2v) is 6.08. The highest BCUT2D eigenvalue weighted by Gasteiger charge is 2.45. The summed E-state index contributed by atoms with van der Waals surface area (Å²) in [5, 5.41) is 2.60. The van der Waals surface area contributed by atoms with Gasteiger partial charge in [-0.2, -0.15) is 0 Å². The number of nitrogens with zero attached hydrogens (tertiary/aromatic N) is 1. The minimum Gasteiger partial charge on any atom is -0.277 e. The highest BCUT2D eigenvalue weighted by atomic mass is 35.5. The fourth-order valence-corrected chi connectivity index (χ4v) is 2.90. The van der Waals surface area contributed by atoms with Crippen molar-refractivity contribution in [1.29, 1.82) is 0 Å². The highest BCUT2D eigenvalue weighted by molar-refractivity contribution is 6.32. The minimum atomic E-state index is -1.05. The Morgan fingerprint density at radius 2 is 1.95 bits per heavy atom. The molecule has 110 valence electrons. The largest absolute Gasteiger partial charge is 0.330 e. The van der Waals surface area contributed by atoms with Crippen LogP contribution in [0.2, 0.25) is 5.02 Å². The molecule has 0 radical (unpaired) electrons. The van der Waals surface area contributed by atoms with Crippen molar-refractivity contribution >= 4 is 29.4 Å². The van der Waals surface area contributed by atoms with Gasteiger partial charge in [0.1, 0.15) is 5.92 Å². The Morgan fingerprint density at radius 3 is 2.57 bits per heavy atom. The lowest BCUT2D eigenvalue weighted by molar-refractivity contribution is -0.138. The van der Waals surface area contributed by atoms with Crippen LogP contribution in [0.1, 0.15) is 24.8 Å². The smallest absolute Gasteiger partial charge is 0.277 e. The Morgan fingerprint density at radius 1 is 1.29 bits per heavy atom. The second kappa shape index (κ2) is 5.15. The molecule has 1 heterocycles. The van der Waals surface area contributed by atoms with Crippen molar-refractivity contribution < 1.29 is 14.4 Å². The maximum atomic E-state index is 12.6. The number of benzene rings is 1. The summed E-state index contributed by atoms with van der Waals surface area (Å²) in [5.41, 5.74) is 0.433. The number of amides is 4. The van der Waals surface area contributed by atoms with Crippen LogP contribution in [-0.4, -0.2) is 29.3 Å². The molecular formula is C15H15ClN2O3. The fourth-order valence-electron chi connectivity index (χ4n) is 2.66. The van der Waals surface area contributed by atoms with E-state index in [0.717, 1.165) is 11.3 Å². The average Bonchev–Trinajstić information content (AvgIpc) is 3.12. The van der Waals surface area contributed by atoms with E-state index in [0.29, 0.717) is 29.0 Å². The van der Waals surface area contributed by atoms with Crippen molar-refractivity contribution in [2.24, 2.45) is 11.8 Å². The minimum absolute atomic E-state index is 0.333. The van der Waals surface area contributed by atoms with Gasteiger partial charge < -0.3 is 0 Å². The van der Waals surface area contributed by atoms with Gasteiger partial charge in [-0.15, -0.1) is 0 Å². The van der Waals surface area contributed by atoms with Crippen molar-refractivity contribution in [3.8, 4) is 0 Å². The Kier molecular flexibility index (Phi) is 3.45. The van der Waals surface area contributed by atoms with E-state index < -0.39 is 23.8 Å². The summed E-state index contributed by atoms with van der Waals surface area (Å²) < 4.78 is 0. The van der Waals surface area contributed by atoms with Crippen LogP contribution < -0.4 is 5.32 Å². The van der Waals surface area contributed by atoms with Crippen molar-refractivity contribution in [3.05, 3.63) is 34.9 Å². The third kappa shape index (κ3) is 2.53. The van der Waals surface area contributed by atoms with E-state index in [1.807, 2.05) is 0 Å². The Labute approximate surface area is 127 Å². The molecule has 3 atom stereocenters. The molecular weight excluding hydrogens is 292 g/mol. The average molecular weight is 307 g/mol. The summed E-state index contributed by atoms with van der Waals surface area (Å²) in [5.74, 6) is -1.30. The summed E-state index contributed by atoms with van der Waals surface area (Å²) in [4.78, 5) is 37.6. The molecule has 0 aromatic heterocycles. The van der Waals surface area contributed by atoms with Crippen molar-refractivity contribution in [2.75, 3.05) is 6.54 Å². The molecule has 1 aliphatic carbocycles. The number of imide groups is 2. The molecule has 5 nitrogen and oxygen atoms in total. The molecule has 1 aromatic rings. The van der Waals surface area contributed by atoms with Gasteiger partial charge in [0.2, 0.25) is 11.8 Å². The predicted molar refractivity (Wildman–Crippen MR) is 76.7 cm³/mol. The third-order valence-corrected chi connectivity index (χ3v) is 4.50. The normalized spacial score (nSPS) is 28.6. The van der Waals surface area contributed by atoms with Gasteiger partial charge in [0.15, 0.2) is 0 Å². The van der Waals surface area contributed by atoms with E-state index in [4.69, 9.17) is 11.6 Å². The predicted octanol–water partition coefficient (Wildman–Crippen LogP) is 2.16. The first-order chi connectivity index (χ1) is 9.99. The number of carbonyl (C=O) groups excluding carboxylic acids is 3. The van der Waals surface area contributed by atoms with Crippen molar-refractivity contribution in [1.82, 2.24) is 10.2 Å². The van der Waals surface area contributed by atoms with Gasteiger partial charge in [0.25, 0.3) is 0 Å². The Hall–Kier alpha value is -1.88. The Balaban J connectivity index is 1.89. The van der Waals surface area contributed by atoms with Crippen molar-refractivity contribution in [2.45, 2.75) is 19.3 Å². The zero-order valence-corrected chi connectivity index (χ0v) is 12.3. The lowest BCUT2D eigenvalue weighted by Crippen LogP contribution is -2.57. The molecule has 1 aliphatic heterocycles. The molecule has 1 N–H and O–H groups in total. The maximum Gasteiger partial charge on any atom is 0.330 e.